The lowest BCUT2D eigenvalue weighted by atomic mass is 9.85. The molecule has 0 radical (unpaired) electrons. The van der Waals surface area contributed by atoms with E-state index in [1.165, 1.54) is 0 Å². The number of H-pyrrole nitrogens is 2. The molecule has 2 unspecified atom stereocenters. The molecular formula is C13H17N3O5. The third-order valence-electron chi connectivity index (χ3n) is 3.95. The first-order chi connectivity index (χ1) is 9.81. The van der Waals surface area contributed by atoms with Gasteiger partial charge in [0.15, 0.2) is 0 Å². The number of carboxylic acid groups (broad SMARTS) is 1. The molecule has 1 aromatic heterocycles. The van der Waals surface area contributed by atoms with Gasteiger partial charge in [0.2, 0.25) is 5.91 Å². The molecule has 1 aliphatic rings. The lowest BCUT2D eigenvalue weighted by Crippen LogP contribution is -2.47. The first-order valence-electron chi connectivity index (χ1n) is 6.66. The smallest absolute Gasteiger partial charge is 0.325 e. The van der Waals surface area contributed by atoms with Gasteiger partial charge in [0.05, 0.1) is 11.8 Å². The Morgan fingerprint density at radius 2 is 2.14 bits per heavy atom. The van der Waals surface area contributed by atoms with Crippen LogP contribution in [0.15, 0.2) is 15.7 Å². The van der Waals surface area contributed by atoms with Gasteiger partial charge in [-0.15, -0.1) is 0 Å². The zero-order valence-corrected chi connectivity index (χ0v) is 11.6. The largest absolute Gasteiger partial charge is 0.481 e. The Kier molecular flexibility index (Phi) is 3.97. The quantitative estimate of drug-likeness (QED) is 0.587. The molecule has 1 aliphatic carbocycles. The van der Waals surface area contributed by atoms with E-state index in [4.69, 9.17) is 0 Å². The predicted molar refractivity (Wildman–Crippen MR) is 72.9 cm³/mol. The van der Waals surface area contributed by atoms with Gasteiger partial charge in [-0.05, 0) is 19.8 Å². The summed E-state index contributed by atoms with van der Waals surface area (Å²) in [4.78, 5) is 49.9. The molecule has 0 saturated heterocycles. The molecule has 4 N–H and O–H groups in total. The van der Waals surface area contributed by atoms with E-state index in [2.05, 4.69) is 10.3 Å². The number of nitrogens with one attached hydrogen (secondary N) is 3. The van der Waals surface area contributed by atoms with Crippen molar-refractivity contribution < 1.29 is 14.7 Å². The first kappa shape index (κ1) is 15.0. The van der Waals surface area contributed by atoms with E-state index in [0.717, 1.165) is 12.5 Å². The molecule has 1 fully saturated rings. The van der Waals surface area contributed by atoms with E-state index in [1.807, 2.05) is 4.98 Å². The van der Waals surface area contributed by atoms with Crippen molar-refractivity contribution in [2.45, 2.75) is 38.6 Å². The lowest BCUT2D eigenvalue weighted by Gasteiger charge is -2.27. The molecule has 0 aliphatic heterocycles. The SMILES string of the molecule is CC1(C(=O)O)CCCC1NC(=O)Cc1cc(=O)[nH]c(=O)[nH]1. The van der Waals surface area contributed by atoms with E-state index in [-0.39, 0.29) is 12.1 Å². The number of rotatable bonds is 4. The number of hydrogen-bond acceptors (Lipinski definition) is 4. The van der Waals surface area contributed by atoms with Gasteiger partial charge in [-0.2, -0.15) is 0 Å². The van der Waals surface area contributed by atoms with Gasteiger partial charge in [-0.3, -0.25) is 19.4 Å². The molecule has 1 saturated carbocycles. The molecule has 1 amide bonds. The molecule has 0 bridgehead atoms. The highest BCUT2D eigenvalue weighted by Gasteiger charge is 2.45. The Hall–Kier alpha value is -2.38. The molecule has 1 aromatic rings. The minimum absolute atomic E-state index is 0.175. The summed E-state index contributed by atoms with van der Waals surface area (Å²) < 4.78 is 0. The summed E-state index contributed by atoms with van der Waals surface area (Å²) >= 11 is 0. The van der Waals surface area contributed by atoms with Crippen molar-refractivity contribution in [3.8, 4) is 0 Å². The second-order valence-corrected chi connectivity index (χ2v) is 5.52. The van der Waals surface area contributed by atoms with Crippen LogP contribution in [0, 0.1) is 5.41 Å². The van der Waals surface area contributed by atoms with Gasteiger partial charge in [0.1, 0.15) is 0 Å². The van der Waals surface area contributed by atoms with Crippen LogP contribution >= 0.6 is 0 Å². The van der Waals surface area contributed by atoms with E-state index < -0.39 is 34.6 Å². The average Bonchev–Trinajstić information content (AvgIpc) is 2.70. The molecule has 2 atom stereocenters. The Bertz CT molecular complexity index is 649. The minimum Gasteiger partial charge on any atom is -0.481 e. The van der Waals surface area contributed by atoms with Crippen LogP contribution in [0.5, 0.6) is 0 Å². The van der Waals surface area contributed by atoms with Crippen molar-refractivity contribution in [1.29, 1.82) is 0 Å². The summed E-state index contributed by atoms with van der Waals surface area (Å²) in [5.41, 5.74) is -2.05. The molecule has 2 rings (SSSR count). The number of aromatic nitrogens is 2. The van der Waals surface area contributed by atoms with Crippen LogP contribution in [-0.2, 0) is 16.0 Å². The van der Waals surface area contributed by atoms with E-state index in [0.29, 0.717) is 12.8 Å². The van der Waals surface area contributed by atoms with Crippen molar-refractivity contribution in [3.05, 3.63) is 32.6 Å². The van der Waals surface area contributed by atoms with Crippen molar-refractivity contribution in [2.24, 2.45) is 5.41 Å². The molecule has 0 aromatic carbocycles. The minimum atomic E-state index is -0.975. The fourth-order valence-electron chi connectivity index (χ4n) is 2.69. The number of carbonyl (C=O) groups is 2. The maximum absolute atomic E-state index is 12.0. The van der Waals surface area contributed by atoms with Gasteiger partial charge >= 0.3 is 11.7 Å². The monoisotopic (exact) mass is 295 g/mol. The Balaban J connectivity index is 2.06. The normalized spacial score (nSPS) is 24.7. The first-order valence-corrected chi connectivity index (χ1v) is 6.66. The van der Waals surface area contributed by atoms with Gasteiger partial charge < -0.3 is 15.4 Å². The summed E-state index contributed by atoms with van der Waals surface area (Å²) in [5.74, 6) is -1.36. The van der Waals surface area contributed by atoms with Crippen LogP contribution in [0.4, 0.5) is 0 Å². The Morgan fingerprint density at radius 3 is 2.76 bits per heavy atom. The molecule has 21 heavy (non-hydrogen) atoms. The summed E-state index contributed by atoms with van der Waals surface area (Å²) in [6, 6.07) is 0.683. The summed E-state index contributed by atoms with van der Waals surface area (Å²) in [5, 5.41) is 12.0. The fraction of sp³-hybridized carbons (Fsp3) is 0.538. The number of hydrogen-bond donors (Lipinski definition) is 4. The summed E-state index contributed by atoms with van der Waals surface area (Å²) in [7, 11) is 0. The van der Waals surface area contributed by atoms with Gasteiger partial charge in [0, 0.05) is 17.8 Å². The van der Waals surface area contributed by atoms with Crippen LogP contribution in [0.25, 0.3) is 0 Å². The van der Waals surface area contributed by atoms with E-state index in [9.17, 15) is 24.3 Å². The van der Waals surface area contributed by atoms with E-state index in [1.54, 1.807) is 6.92 Å². The second-order valence-electron chi connectivity index (χ2n) is 5.52. The fourth-order valence-corrected chi connectivity index (χ4v) is 2.69. The zero-order valence-electron chi connectivity index (χ0n) is 11.6. The number of carboxylic acids is 1. The van der Waals surface area contributed by atoms with Crippen LogP contribution in [0.1, 0.15) is 31.9 Å². The van der Waals surface area contributed by atoms with Crippen molar-refractivity contribution in [3.63, 3.8) is 0 Å². The molecule has 0 spiro atoms. The van der Waals surface area contributed by atoms with Gasteiger partial charge in [-0.25, -0.2) is 4.79 Å². The number of amides is 1. The van der Waals surface area contributed by atoms with Crippen LogP contribution < -0.4 is 16.6 Å². The average molecular weight is 295 g/mol. The third kappa shape index (κ3) is 3.21. The molecule has 8 nitrogen and oxygen atoms in total. The van der Waals surface area contributed by atoms with Gasteiger partial charge in [-0.1, -0.05) is 6.42 Å². The maximum atomic E-state index is 12.0. The zero-order chi connectivity index (χ0) is 15.6. The predicted octanol–water partition coefficient (Wildman–Crippen LogP) is -0.635. The van der Waals surface area contributed by atoms with Gasteiger partial charge in [0.25, 0.3) is 5.56 Å². The maximum Gasteiger partial charge on any atom is 0.325 e. The number of carbonyl (C=O) groups excluding carboxylic acids is 1. The lowest BCUT2D eigenvalue weighted by molar-refractivity contribution is -0.149. The molecule has 1 heterocycles. The van der Waals surface area contributed by atoms with Crippen LogP contribution in [0.3, 0.4) is 0 Å². The number of aromatic amines is 2. The molecule has 114 valence electrons. The Morgan fingerprint density at radius 1 is 1.43 bits per heavy atom. The highest BCUT2D eigenvalue weighted by Crippen LogP contribution is 2.38. The van der Waals surface area contributed by atoms with E-state index >= 15 is 0 Å². The van der Waals surface area contributed by atoms with Crippen molar-refractivity contribution >= 4 is 11.9 Å². The van der Waals surface area contributed by atoms with Crippen LogP contribution in [-0.4, -0.2) is 33.0 Å². The highest BCUT2D eigenvalue weighted by molar-refractivity contribution is 5.81. The number of aliphatic carboxylic acids is 1. The van der Waals surface area contributed by atoms with Crippen molar-refractivity contribution in [2.75, 3.05) is 0 Å². The molecular weight excluding hydrogens is 278 g/mol. The highest BCUT2D eigenvalue weighted by atomic mass is 16.4. The summed E-state index contributed by atoms with van der Waals surface area (Å²) in [6.45, 7) is 1.61. The Labute approximate surface area is 119 Å². The van der Waals surface area contributed by atoms with Crippen molar-refractivity contribution in [1.82, 2.24) is 15.3 Å². The molecule has 8 heteroatoms. The third-order valence-corrected chi connectivity index (χ3v) is 3.95. The second kappa shape index (κ2) is 5.55. The topological polar surface area (TPSA) is 132 Å². The standard InChI is InChI=1S/C13H17N3O5/c1-13(11(19)20)4-2-3-8(13)15-9(17)5-7-6-10(18)16-12(21)14-7/h6,8H,2-5H2,1H3,(H,15,17)(H,19,20)(H2,14,16,18,21). The van der Waals surface area contributed by atoms with Crippen LogP contribution in [0.2, 0.25) is 0 Å². The summed E-state index contributed by atoms with van der Waals surface area (Å²) in [6.07, 6.45) is 1.66.